The van der Waals surface area contributed by atoms with E-state index in [1.165, 1.54) is 12.4 Å². The van der Waals surface area contributed by atoms with Gasteiger partial charge in [0, 0.05) is 19.0 Å². The lowest BCUT2D eigenvalue weighted by molar-refractivity contribution is 0.569. The van der Waals surface area contributed by atoms with Crippen LogP contribution >= 0.6 is 11.6 Å². The van der Waals surface area contributed by atoms with E-state index in [-0.39, 0.29) is 10.7 Å². The van der Waals surface area contributed by atoms with Crippen molar-refractivity contribution < 1.29 is 0 Å². The summed E-state index contributed by atoms with van der Waals surface area (Å²) in [5.74, 6) is 1.39. The molecule has 2 aromatic rings. The SMILES string of the molecule is CCc1nc(Cl)cc(=O)n1Cc1ncnn1CC. The van der Waals surface area contributed by atoms with Gasteiger partial charge in [-0.2, -0.15) is 5.10 Å². The molecular weight excluding hydrogens is 254 g/mol. The molecule has 0 saturated carbocycles. The van der Waals surface area contributed by atoms with Gasteiger partial charge >= 0.3 is 0 Å². The molecule has 0 spiro atoms. The summed E-state index contributed by atoms with van der Waals surface area (Å²) in [6.45, 7) is 4.98. The Bertz CT molecular complexity index is 604. The van der Waals surface area contributed by atoms with Gasteiger partial charge in [0.25, 0.3) is 5.56 Å². The van der Waals surface area contributed by atoms with Gasteiger partial charge in [-0.3, -0.25) is 9.36 Å². The van der Waals surface area contributed by atoms with Crippen LogP contribution in [0.3, 0.4) is 0 Å². The highest BCUT2D eigenvalue weighted by Gasteiger charge is 2.10. The number of aryl methyl sites for hydroxylation is 2. The van der Waals surface area contributed by atoms with Crippen LogP contribution in [0.2, 0.25) is 5.15 Å². The average molecular weight is 268 g/mol. The summed E-state index contributed by atoms with van der Waals surface area (Å²) in [5, 5.41) is 4.30. The predicted molar refractivity (Wildman–Crippen MR) is 67.7 cm³/mol. The third-order valence-corrected chi connectivity index (χ3v) is 2.86. The summed E-state index contributed by atoms with van der Waals surface area (Å²) in [6.07, 6.45) is 2.12. The Kier molecular flexibility index (Phi) is 3.76. The van der Waals surface area contributed by atoms with Gasteiger partial charge in [-0.25, -0.2) is 14.6 Å². The maximum atomic E-state index is 11.9. The van der Waals surface area contributed by atoms with E-state index in [1.54, 1.807) is 9.25 Å². The van der Waals surface area contributed by atoms with Crippen LogP contribution in [0, 0.1) is 0 Å². The van der Waals surface area contributed by atoms with Crippen molar-refractivity contribution in [2.45, 2.75) is 33.4 Å². The Morgan fingerprint density at radius 1 is 1.33 bits per heavy atom. The summed E-state index contributed by atoms with van der Waals surface area (Å²) in [7, 11) is 0. The van der Waals surface area contributed by atoms with E-state index in [4.69, 9.17) is 11.6 Å². The number of hydrogen-bond acceptors (Lipinski definition) is 4. The van der Waals surface area contributed by atoms with Crippen LogP contribution in [0.15, 0.2) is 17.2 Å². The van der Waals surface area contributed by atoms with Crippen molar-refractivity contribution in [3.8, 4) is 0 Å². The fourth-order valence-corrected chi connectivity index (χ4v) is 1.97. The Balaban J connectivity index is 2.43. The number of halogens is 1. The highest BCUT2D eigenvalue weighted by atomic mass is 35.5. The van der Waals surface area contributed by atoms with Crippen LogP contribution in [-0.4, -0.2) is 24.3 Å². The fraction of sp³-hybridized carbons (Fsp3) is 0.455. The predicted octanol–water partition coefficient (Wildman–Crippen LogP) is 1.12. The molecule has 0 aliphatic rings. The monoisotopic (exact) mass is 267 g/mol. The van der Waals surface area contributed by atoms with Gasteiger partial charge < -0.3 is 0 Å². The van der Waals surface area contributed by atoms with E-state index in [1.807, 2.05) is 13.8 Å². The van der Waals surface area contributed by atoms with Gasteiger partial charge in [-0.1, -0.05) is 18.5 Å². The number of aromatic nitrogens is 5. The molecule has 2 heterocycles. The van der Waals surface area contributed by atoms with Gasteiger partial charge in [0.15, 0.2) is 0 Å². The van der Waals surface area contributed by atoms with Gasteiger partial charge in [0.05, 0.1) is 6.54 Å². The van der Waals surface area contributed by atoms with Crippen molar-refractivity contribution in [2.75, 3.05) is 0 Å². The lowest BCUT2D eigenvalue weighted by Gasteiger charge is -2.10. The van der Waals surface area contributed by atoms with Gasteiger partial charge in [-0.05, 0) is 6.92 Å². The Labute approximate surface area is 109 Å². The van der Waals surface area contributed by atoms with E-state index in [0.29, 0.717) is 25.3 Å². The standard InChI is InChI=1S/C11H14ClN5O/c1-3-9-15-8(12)5-11(18)16(9)6-10-13-7-14-17(10)4-2/h5,7H,3-4,6H2,1-2H3. The summed E-state index contributed by atoms with van der Waals surface area (Å²) in [6, 6.07) is 1.31. The number of hydrogen-bond donors (Lipinski definition) is 0. The molecule has 96 valence electrons. The molecule has 0 aliphatic heterocycles. The maximum absolute atomic E-state index is 11.9. The first-order valence-corrected chi connectivity index (χ1v) is 6.16. The molecule has 0 radical (unpaired) electrons. The third-order valence-electron chi connectivity index (χ3n) is 2.67. The van der Waals surface area contributed by atoms with Crippen LogP contribution < -0.4 is 5.56 Å². The molecule has 2 rings (SSSR count). The summed E-state index contributed by atoms with van der Waals surface area (Å²) in [4.78, 5) is 20.2. The van der Waals surface area contributed by atoms with E-state index in [2.05, 4.69) is 15.1 Å². The van der Waals surface area contributed by atoms with Gasteiger partial charge in [0.1, 0.15) is 23.1 Å². The molecule has 0 unspecified atom stereocenters. The van der Waals surface area contributed by atoms with Gasteiger partial charge in [0.2, 0.25) is 0 Å². The lowest BCUT2D eigenvalue weighted by atomic mass is 10.4. The van der Waals surface area contributed by atoms with Crippen LogP contribution in [-0.2, 0) is 19.5 Å². The van der Waals surface area contributed by atoms with E-state index in [9.17, 15) is 4.79 Å². The first-order chi connectivity index (χ1) is 8.65. The summed E-state index contributed by atoms with van der Waals surface area (Å²) in [5.41, 5.74) is -0.169. The normalized spacial score (nSPS) is 10.8. The second kappa shape index (κ2) is 5.30. The van der Waals surface area contributed by atoms with Crippen molar-refractivity contribution in [2.24, 2.45) is 0 Å². The lowest BCUT2D eigenvalue weighted by Crippen LogP contribution is -2.26. The highest BCUT2D eigenvalue weighted by molar-refractivity contribution is 6.29. The second-order valence-electron chi connectivity index (χ2n) is 3.77. The molecule has 0 atom stereocenters. The molecule has 0 N–H and O–H groups in total. The third kappa shape index (κ3) is 2.43. The molecule has 0 amide bonds. The minimum absolute atomic E-state index is 0.169. The number of rotatable bonds is 4. The molecule has 0 saturated heterocycles. The molecule has 0 aromatic carbocycles. The van der Waals surface area contributed by atoms with Crippen molar-refractivity contribution in [3.63, 3.8) is 0 Å². The maximum Gasteiger partial charge on any atom is 0.255 e. The van der Waals surface area contributed by atoms with Crippen molar-refractivity contribution in [1.82, 2.24) is 24.3 Å². The van der Waals surface area contributed by atoms with Crippen LogP contribution in [0.25, 0.3) is 0 Å². The molecule has 2 aromatic heterocycles. The topological polar surface area (TPSA) is 65.6 Å². The van der Waals surface area contributed by atoms with Crippen molar-refractivity contribution in [1.29, 1.82) is 0 Å². The second-order valence-corrected chi connectivity index (χ2v) is 4.15. The smallest absolute Gasteiger partial charge is 0.255 e. The Hall–Kier alpha value is -1.69. The minimum atomic E-state index is -0.169. The molecule has 0 aliphatic carbocycles. The fourth-order valence-electron chi connectivity index (χ4n) is 1.78. The van der Waals surface area contributed by atoms with Crippen molar-refractivity contribution >= 4 is 11.6 Å². The average Bonchev–Trinajstić information content (AvgIpc) is 2.79. The van der Waals surface area contributed by atoms with E-state index in [0.717, 1.165) is 5.82 Å². The Morgan fingerprint density at radius 2 is 2.11 bits per heavy atom. The van der Waals surface area contributed by atoms with Crippen molar-refractivity contribution in [3.05, 3.63) is 39.5 Å². The molecule has 6 nitrogen and oxygen atoms in total. The van der Waals surface area contributed by atoms with E-state index >= 15 is 0 Å². The van der Waals surface area contributed by atoms with E-state index < -0.39 is 0 Å². The molecule has 7 heteroatoms. The minimum Gasteiger partial charge on any atom is -0.289 e. The molecule has 0 bridgehead atoms. The van der Waals surface area contributed by atoms with Crippen LogP contribution in [0.5, 0.6) is 0 Å². The quantitative estimate of drug-likeness (QED) is 0.779. The van der Waals surface area contributed by atoms with Gasteiger partial charge in [-0.15, -0.1) is 0 Å². The van der Waals surface area contributed by atoms with Crippen LogP contribution in [0.4, 0.5) is 0 Å². The zero-order chi connectivity index (χ0) is 13.1. The summed E-state index contributed by atoms with van der Waals surface area (Å²) >= 11 is 5.78. The molecular formula is C11H14ClN5O. The highest BCUT2D eigenvalue weighted by Crippen LogP contribution is 2.05. The molecule has 18 heavy (non-hydrogen) atoms. The summed E-state index contributed by atoms with van der Waals surface area (Å²) < 4.78 is 3.32. The number of nitrogens with zero attached hydrogens (tertiary/aromatic N) is 5. The van der Waals surface area contributed by atoms with Crippen LogP contribution in [0.1, 0.15) is 25.5 Å². The molecule has 0 fully saturated rings. The first-order valence-electron chi connectivity index (χ1n) is 5.78. The largest absolute Gasteiger partial charge is 0.289 e. The zero-order valence-electron chi connectivity index (χ0n) is 10.3. The first kappa shape index (κ1) is 12.8. The Morgan fingerprint density at radius 3 is 2.78 bits per heavy atom. The zero-order valence-corrected chi connectivity index (χ0v) is 11.1.